The average Bonchev–Trinajstić information content (AvgIpc) is 2.68. The molecule has 0 bridgehead atoms. The standard InChI is InChI=1S/C12H19N5O/c1-16-7-9(13)12(15-16)17-5-4-10-8(6-17)2-3-11(18)14-10/h7-8,10H,2-6,13H2,1H3,(H,14,18). The highest BCUT2D eigenvalue weighted by atomic mass is 16.1. The van der Waals surface area contributed by atoms with Crippen LogP contribution in [-0.2, 0) is 11.8 Å². The SMILES string of the molecule is Cn1cc(N)c(N2CCC3NC(=O)CCC3C2)n1. The van der Waals surface area contributed by atoms with E-state index in [2.05, 4.69) is 15.3 Å². The third-order valence-corrected chi connectivity index (χ3v) is 3.96. The lowest BCUT2D eigenvalue weighted by atomic mass is 9.85. The highest BCUT2D eigenvalue weighted by Crippen LogP contribution is 2.30. The van der Waals surface area contributed by atoms with Crippen LogP contribution in [0.1, 0.15) is 19.3 Å². The number of hydrogen-bond acceptors (Lipinski definition) is 4. The van der Waals surface area contributed by atoms with Crippen molar-refractivity contribution in [3.63, 3.8) is 0 Å². The Morgan fingerprint density at radius 2 is 2.33 bits per heavy atom. The van der Waals surface area contributed by atoms with Crippen molar-refractivity contribution in [2.75, 3.05) is 23.7 Å². The molecule has 2 aliphatic rings. The van der Waals surface area contributed by atoms with Crippen molar-refractivity contribution in [2.24, 2.45) is 13.0 Å². The molecule has 2 aliphatic heterocycles. The number of rotatable bonds is 1. The number of aromatic nitrogens is 2. The first-order valence-electron chi connectivity index (χ1n) is 6.47. The normalized spacial score (nSPS) is 27.8. The second-order valence-electron chi connectivity index (χ2n) is 5.29. The molecule has 1 aromatic heterocycles. The first-order valence-corrected chi connectivity index (χ1v) is 6.47. The van der Waals surface area contributed by atoms with E-state index in [1.807, 2.05) is 13.2 Å². The van der Waals surface area contributed by atoms with Gasteiger partial charge in [0.05, 0.1) is 5.69 Å². The monoisotopic (exact) mass is 249 g/mol. The summed E-state index contributed by atoms with van der Waals surface area (Å²) in [4.78, 5) is 13.6. The van der Waals surface area contributed by atoms with Gasteiger partial charge in [0.2, 0.25) is 5.91 Å². The maximum absolute atomic E-state index is 11.4. The van der Waals surface area contributed by atoms with E-state index in [0.29, 0.717) is 18.4 Å². The lowest BCUT2D eigenvalue weighted by Crippen LogP contribution is -2.54. The summed E-state index contributed by atoms with van der Waals surface area (Å²) < 4.78 is 1.75. The van der Waals surface area contributed by atoms with Crippen LogP contribution in [0.4, 0.5) is 11.5 Å². The first kappa shape index (κ1) is 11.4. The predicted molar refractivity (Wildman–Crippen MR) is 69.1 cm³/mol. The van der Waals surface area contributed by atoms with Gasteiger partial charge in [0.1, 0.15) is 0 Å². The Labute approximate surface area is 106 Å². The van der Waals surface area contributed by atoms with E-state index in [1.165, 1.54) is 0 Å². The molecule has 2 unspecified atom stereocenters. The Morgan fingerprint density at radius 1 is 1.50 bits per heavy atom. The Hall–Kier alpha value is -1.72. The third-order valence-electron chi connectivity index (χ3n) is 3.96. The number of hydrogen-bond donors (Lipinski definition) is 2. The van der Waals surface area contributed by atoms with E-state index in [0.717, 1.165) is 37.4 Å². The molecule has 18 heavy (non-hydrogen) atoms. The highest BCUT2D eigenvalue weighted by molar-refractivity contribution is 5.77. The quantitative estimate of drug-likeness (QED) is 0.740. The molecule has 2 fully saturated rings. The van der Waals surface area contributed by atoms with Gasteiger partial charge in [-0.1, -0.05) is 0 Å². The van der Waals surface area contributed by atoms with Crippen LogP contribution in [0.15, 0.2) is 6.20 Å². The molecule has 1 amide bonds. The number of aryl methyl sites for hydroxylation is 1. The summed E-state index contributed by atoms with van der Waals surface area (Å²) in [7, 11) is 1.88. The topological polar surface area (TPSA) is 76.2 Å². The molecule has 0 aromatic carbocycles. The maximum Gasteiger partial charge on any atom is 0.220 e. The summed E-state index contributed by atoms with van der Waals surface area (Å²) >= 11 is 0. The molecule has 6 heteroatoms. The molecule has 2 atom stereocenters. The summed E-state index contributed by atoms with van der Waals surface area (Å²) in [5.41, 5.74) is 6.70. The minimum atomic E-state index is 0.196. The number of nitrogens with one attached hydrogen (secondary N) is 1. The lowest BCUT2D eigenvalue weighted by molar-refractivity contribution is -0.124. The third kappa shape index (κ3) is 1.91. The van der Waals surface area contributed by atoms with Gasteiger partial charge in [-0.2, -0.15) is 5.10 Å². The minimum Gasteiger partial charge on any atom is -0.394 e. The summed E-state index contributed by atoms with van der Waals surface area (Å²) in [5, 5.41) is 7.50. The van der Waals surface area contributed by atoms with Crippen LogP contribution in [0.25, 0.3) is 0 Å². The second kappa shape index (κ2) is 4.19. The molecule has 3 heterocycles. The van der Waals surface area contributed by atoms with E-state index in [9.17, 15) is 4.79 Å². The van der Waals surface area contributed by atoms with Crippen LogP contribution in [0.3, 0.4) is 0 Å². The number of nitrogen functional groups attached to an aromatic ring is 1. The summed E-state index contributed by atoms with van der Waals surface area (Å²) in [6, 6.07) is 0.340. The highest BCUT2D eigenvalue weighted by Gasteiger charge is 2.34. The first-order chi connectivity index (χ1) is 8.63. The summed E-state index contributed by atoms with van der Waals surface area (Å²) in [6.45, 7) is 1.84. The van der Waals surface area contributed by atoms with Gasteiger partial charge < -0.3 is 16.0 Å². The van der Waals surface area contributed by atoms with Crippen LogP contribution >= 0.6 is 0 Å². The Balaban J connectivity index is 1.74. The van der Waals surface area contributed by atoms with Crippen molar-refractivity contribution in [2.45, 2.75) is 25.3 Å². The summed E-state index contributed by atoms with van der Waals surface area (Å²) in [5.74, 6) is 1.60. The zero-order valence-corrected chi connectivity index (χ0v) is 10.6. The number of fused-ring (bicyclic) bond motifs is 1. The maximum atomic E-state index is 11.4. The number of piperidine rings is 2. The summed E-state index contributed by atoms with van der Waals surface area (Å²) in [6.07, 6.45) is 4.43. The fourth-order valence-corrected chi connectivity index (χ4v) is 3.04. The zero-order valence-electron chi connectivity index (χ0n) is 10.6. The average molecular weight is 249 g/mol. The minimum absolute atomic E-state index is 0.196. The number of nitrogens with two attached hydrogens (primary N) is 1. The van der Waals surface area contributed by atoms with Crippen molar-refractivity contribution in [3.05, 3.63) is 6.20 Å². The largest absolute Gasteiger partial charge is 0.394 e. The molecule has 6 nitrogen and oxygen atoms in total. The van der Waals surface area contributed by atoms with Crippen LogP contribution < -0.4 is 16.0 Å². The molecule has 3 rings (SSSR count). The molecule has 2 saturated heterocycles. The van der Waals surface area contributed by atoms with Crippen LogP contribution in [0.5, 0.6) is 0 Å². The Morgan fingerprint density at radius 3 is 3.06 bits per heavy atom. The fourth-order valence-electron chi connectivity index (χ4n) is 3.04. The molecule has 98 valence electrons. The van der Waals surface area contributed by atoms with Crippen molar-refractivity contribution < 1.29 is 4.79 Å². The van der Waals surface area contributed by atoms with E-state index >= 15 is 0 Å². The smallest absolute Gasteiger partial charge is 0.220 e. The number of carbonyl (C=O) groups excluding carboxylic acids is 1. The van der Waals surface area contributed by atoms with Gasteiger partial charge in [0.25, 0.3) is 0 Å². The van der Waals surface area contributed by atoms with E-state index in [4.69, 9.17) is 5.73 Å². The zero-order chi connectivity index (χ0) is 12.7. The van der Waals surface area contributed by atoms with Crippen molar-refractivity contribution >= 4 is 17.4 Å². The molecule has 0 spiro atoms. The van der Waals surface area contributed by atoms with Gasteiger partial charge in [0.15, 0.2) is 5.82 Å². The van der Waals surface area contributed by atoms with Crippen LogP contribution in [0.2, 0.25) is 0 Å². The van der Waals surface area contributed by atoms with E-state index < -0.39 is 0 Å². The van der Waals surface area contributed by atoms with Gasteiger partial charge in [0, 0.05) is 38.8 Å². The molecular weight excluding hydrogens is 230 g/mol. The van der Waals surface area contributed by atoms with E-state index in [-0.39, 0.29) is 5.91 Å². The predicted octanol–water partition coefficient (Wildman–Crippen LogP) is 0.107. The fraction of sp³-hybridized carbons (Fsp3) is 0.667. The molecule has 0 aliphatic carbocycles. The van der Waals surface area contributed by atoms with Crippen molar-refractivity contribution in [1.29, 1.82) is 0 Å². The van der Waals surface area contributed by atoms with Gasteiger partial charge >= 0.3 is 0 Å². The van der Waals surface area contributed by atoms with Crippen molar-refractivity contribution in [3.8, 4) is 0 Å². The number of carbonyl (C=O) groups is 1. The van der Waals surface area contributed by atoms with Gasteiger partial charge in [-0.05, 0) is 18.8 Å². The Kier molecular flexibility index (Phi) is 2.65. The van der Waals surface area contributed by atoms with Crippen molar-refractivity contribution in [1.82, 2.24) is 15.1 Å². The molecule has 3 N–H and O–H groups in total. The van der Waals surface area contributed by atoms with Gasteiger partial charge in [-0.15, -0.1) is 0 Å². The second-order valence-corrected chi connectivity index (χ2v) is 5.29. The number of anilines is 2. The number of nitrogens with zero attached hydrogens (tertiary/aromatic N) is 3. The molecule has 0 radical (unpaired) electrons. The van der Waals surface area contributed by atoms with Crippen LogP contribution in [0, 0.1) is 5.92 Å². The molecular formula is C12H19N5O. The molecule has 0 saturated carbocycles. The number of amides is 1. The Bertz CT molecular complexity index is 469. The van der Waals surface area contributed by atoms with Gasteiger partial charge in [-0.3, -0.25) is 9.48 Å². The van der Waals surface area contributed by atoms with E-state index in [1.54, 1.807) is 4.68 Å². The van der Waals surface area contributed by atoms with Crippen LogP contribution in [-0.4, -0.2) is 34.8 Å². The van der Waals surface area contributed by atoms with Gasteiger partial charge in [-0.25, -0.2) is 0 Å². The lowest BCUT2D eigenvalue weighted by Gasteiger charge is -2.41. The molecule has 1 aromatic rings.